The predicted molar refractivity (Wildman–Crippen MR) is 78.4 cm³/mol. The van der Waals surface area contributed by atoms with E-state index in [9.17, 15) is 8.42 Å². The molecule has 0 saturated heterocycles. The van der Waals surface area contributed by atoms with Crippen LogP contribution in [-0.2, 0) is 16.4 Å². The molecule has 6 heteroatoms. The number of benzene rings is 1. The fourth-order valence-electron chi connectivity index (χ4n) is 1.95. The Morgan fingerprint density at radius 2 is 1.80 bits per heavy atom. The Kier molecular flexibility index (Phi) is 5.69. The van der Waals surface area contributed by atoms with Crippen LogP contribution < -0.4 is 10.5 Å². The summed E-state index contributed by atoms with van der Waals surface area (Å²) in [7, 11) is -3.60. The van der Waals surface area contributed by atoms with E-state index in [1.807, 2.05) is 19.9 Å². The van der Waals surface area contributed by atoms with E-state index in [0.29, 0.717) is 12.8 Å². The highest BCUT2D eigenvalue weighted by molar-refractivity contribution is 7.89. The van der Waals surface area contributed by atoms with E-state index >= 15 is 0 Å². The van der Waals surface area contributed by atoms with Crippen molar-refractivity contribution < 1.29 is 8.42 Å². The van der Waals surface area contributed by atoms with Crippen molar-refractivity contribution in [3.63, 3.8) is 0 Å². The van der Waals surface area contributed by atoms with Crippen molar-refractivity contribution in [2.75, 3.05) is 6.54 Å². The molecule has 1 aromatic carbocycles. The molecule has 5 nitrogen and oxygen atoms in total. The van der Waals surface area contributed by atoms with Gasteiger partial charge in [-0.3, -0.25) is 0 Å². The second kappa shape index (κ2) is 6.84. The molecule has 0 unspecified atom stereocenters. The maximum Gasteiger partial charge on any atom is 0.241 e. The third-order valence-corrected chi connectivity index (χ3v) is 5.21. The predicted octanol–water partition coefficient (Wildman–Crippen LogP) is 1.55. The van der Waals surface area contributed by atoms with Crippen molar-refractivity contribution in [2.45, 2.75) is 43.5 Å². The van der Waals surface area contributed by atoms with Crippen LogP contribution in [0.2, 0.25) is 0 Å². The largest absolute Gasteiger partial charge is 0.329 e. The topological polar surface area (TPSA) is 96.0 Å². The lowest BCUT2D eigenvalue weighted by Crippen LogP contribution is -2.52. The van der Waals surface area contributed by atoms with Crippen LogP contribution in [0.3, 0.4) is 0 Å². The Balaban J connectivity index is 3.02. The van der Waals surface area contributed by atoms with Gasteiger partial charge in [0.25, 0.3) is 0 Å². The zero-order chi connectivity index (χ0) is 15.2. The van der Waals surface area contributed by atoms with Crippen LogP contribution in [0.5, 0.6) is 0 Å². The second-order valence-corrected chi connectivity index (χ2v) is 6.46. The highest BCUT2D eigenvalue weighted by atomic mass is 32.2. The lowest BCUT2D eigenvalue weighted by Gasteiger charge is -2.31. The molecule has 0 radical (unpaired) electrons. The van der Waals surface area contributed by atoms with Gasteiger partial charge in [-0.2, -0.15) is 5.26 Å². The highest BCUT2D eigenvalue weighted by Gasteiger charge is 2.30. The van der Waals surface area contributed by atoms with Gasteiger partial charge in [-0.25, -0.2) is 13.1 Å². The molecule has 0 aromatic heterocycles. The van der Waals surface area contributed by atoms with Crippen LogP contribution in [-0.4, -0.2) is 20.5 Å². The number of nitrogens with one attached hydrogen (secondary N) is 1. The van der Waals surface area contributed by atoms with Gasteiger partial charge in [-0.05, 0) is 30.5 Å². The fraction of sp³-hybridized carbons (Fsp3) is 0.500. The summed E-state index contributed by atoms with van der Waals surface area (Å²) in [5.41, 5.74) is 5.90. The normalized spacial score (nSPS) is 12.1. The smallest absolute Gasteiger partial charge is 0.241 e. The summed E-state index contributed by atoms with van der Waals surface area (Å²) in [6, 6.07) is 8.36. The number of hydrogen-bond acceptors (Lipinski definition) is 4. The minimum Gasteiger partial charge on any atom is -0.329 e. The van der Waals surface area contributed by atoms with Gasteiger partial charge in [0.05, 0.1) is 17.4 Å². The highest BCUT2D eigenvalue weighted by Crippen LogP contribution is 2.19. The van der Waals surface area contributed by atoms with Gasteiger partial charge >= 0.3 is 0 Å². The van der Waals surface area contributed by atoms with Gasteiger partial charge in [0, 0.05) is 12.1 Å². The van der Waals surface area contributed by atoms with Crippen LogP contribution in [0, 0.1) is 11.3 Å². The minimum atomic E-state index is -3.60. The number of rotatable bonds is 7. The van der Waals surface area contributed by atoms with Crippen molar-refractivity contribution in [1.82, 2.24) is 4.72 Å². The molecule has 0 bridgehead atoms. The summed E-state index contributed by atoms with van der Waals surface area (Å²) >= 11 is 0. The van der Waals surface area contributed by atoms with Crippen LogP contribution in [0.25, 0.3) is 0 Å². The summed E-state index contributed by atoms with van der Waals surface area (Å²) in [5.74, 6) is 0. The number of nitriles is 1. The second-order valence-electron chi connectivity index (χ2n) is 4.78. The van der Waals surface area contributed by atoms with Gasteiger partial charge in [0.2, 0.25) is 10.0 Å². The van der Waals surface area contributed by atoms with Gasteiger partial charge < -0.3 is 5.73 Å². The summed E-state index contributed by atoms with van der Waals surface area (Å²) in [6.45, 7) is 4.08. The Morgan fingerprint density at radius 1 is 1.25 bits per heavy atom. The van der Waals surface area contributed by atoms with Gasteiger partial charge in [-0.1, -0.05) is 26.0 Å². The molecule has 0 aliphatic carbocycles. The van der Waals surface area contributed by atoms with E-state index in [2.05, 4.69) is 4.72 Å². The lowest BCUT2D eigenvalue weighted by molar-refractivity contribution is 0.363. The average molecular weight is 295 g/mol. The number of hydrogen-bond donors (Lipinski definition) is 2. The summed E-state index contributed by atoms with van der Waals surface area (Å²) in [5, 5.41) is 8.60. The zero-order valence-corrected chi connectivity index (χ0v) is 12.7. The Morgan fingerprint density at radius 3 is 2.20 bits per heavy atom. The zero-order valence-electron chi connectivity index (χ0n) is 11.9. The molecule has 0 spiro atoms. The first-order valence-corrected chi connectivity index (χ1v) is 8.11. The number of sulfonamides is 1. The van der Waals surface area contributed by atoms with Gasteiger partial charge in [0.15, 0.2) is 0 Å². The molecule has 0 atom stereocenters. The lowest BCUT2D eigenvalue weighted by atomic mass is 9.95. The Hall–Kier alpha value is -1.42. The number of nitrogens with two attached hydrogens (primary N) is 1. The quantitative estimate of drug-likeness (QED) is 0.797. The van der Waals surface area contributed by atoms with E-state index in [4.69, 9.17) is 11.0 Å². The molecule has 0 saturated carbocycles. The number of nitrogens with zero attached hydrogens (tertiary/aromatic N) is 1. The first kappa shape index (κ1) is 16.6. The maximum absolute atomic E-state index is 12.4. The van der Waals surface area contributed by atoms with Crippen LogP contribution in [0.4, 0.5) is 0 Å². The standard InChI is InChI=1S/C14H21N3O2S/c1-3-14(4-2,11-16)17-20(18,19)13-7-5-12(6-8-13)9-10-15/h5-8,17H,3-4,9,11,16H2,1-2H3. The molecule has 1 aromatic rings. The molecule has 0 aliphatic heterocycles. The van der Waals surface area contributed by atoms with Crippen LogP contribution in [0.15, 0.2) is 29.2 Å². The minimum absolute atomic E-state index is 0.193. The third-order valence-electron chi connectivity index (χ3n) is 3.61. The van der Waals surface area contributed by atoms with Crippen LogP contribution in [0.1, 0.15) is 32.3 Å². The molecular formula is C14H21N3O2S. The Labute approximate surface area is 120 Å². The summed E-state index contributed by atoms with van der Waals surface area (Å²) < 4.78 is 27.4. The van der Waals surface area contributed by atoms with Crippen molar-refractivity contribution >= 4 is 10.0 Å². The molecule has 3 N–H and O–H groups in total. The van der Waals surface area contributed by atoms with E-state index in [1.165, 1.54) is 12.1 Å². The molecule has 110 valence electrons. The van der Waals surface area contributed by atoms with E-state index < -0.39 is 15.6 Å². The Bertz CT molecular complexity index is 561. The molecule has 0 aliphatic rings. The van der Waals surface area contributed by atoms with Crippen molar-refractivity contribution in [1.29, 1.82) is 5.26 Å². The van der Waals surface area contributed by atoms with Crippen molar-refractivity contribution in [3.05, 3.63) is 29.8 Å². The van der Waals surface area contributed by atoms with E-state index in [0.717, 1.165) is 5.56 Å². The van der Waals surface area contributed by atoms with E-state index in [-0.39, 0.29) is 17.9 Å². The van der Waals surface area contributed by atoms with E-state index in [1.54, 1.807) is 12.1 Å². The molecule has 1 rings (SSSR count). The SMILES string of the molecule is CCC(CC)(CN)NS(=O)(=O)c1ccc(CC#N)cc1. The van der Waals surface area contributed by atoms with Gasteiger partial charge in [-0.15, -0.1) is 0 Å². The monoisotopic (exact) mass is 295 g/mol. The first-order chi connectivity index (χ1) is 9.43. The third kappa shape index (κ3) is 3.79. The molecule has 0 heterocycles. The maximum atomic E-state index is 12.4. The summed E-state index contributed by atoms with van der Waals surface area (Å²) in [6.07, 6.45) is 1.53. The molecule has 20 heavy (non-hydrogen) atoms. The van der Waals surface area contributed by atoms with Crippen molar-refractivity contribution in [2.24, 2.45) is 5.73 Å². The fourth-order valence-corrected chi connectivity index (χ4v) is 3.50. The molecule has 0 amide bonds. The summed E-state index contributed by atoms with van der Waals surface area (Å²) in [4.78, 5) is 0.193. The van der Waals surface area contributed by atoms with Crippen molar-refractivity contribution in [3.8, 4) is 6.07 Å². The molecular weight excluding hydrogens is 274 g/mol. The molecule has 0 fully saturated rings. The first-order valence-electron chi connectivity index (χ1n) is 6.63. The average Bonchev–Trinajstić information content (AvgIpc) is 2.46. The van der Waals surface area contributed by atoms with Gasteiger partial charge in [0.1, 0.15) is 0 Å². The van der Waals surface area contributed by atoms with Crippen LogP contribution >= 0.6 is 0 Å².